The largest absolute Gasteiger partial charge is 0.366 e. The van der Waals surface area contributed by atoms with Crippen LogP contribution < -0.4 is 10.2 Å². The minimum Gasteiger partial charge on any atom is -0.366 e. The smallest absolute Gasteiger partial charge is 0.246 e. The molecule has 2 heterocycles. The summed E-state index contributed by atoms with van der Waals surface area (Å²) in [7, 11) is -3.81. The Morgan fingerprint density at radius 2 is 2.17 bits per heavy atom. The van der Waals surface area contributed by atoms with E-state index in [9.17, 15) is 13.2 Å². The summed E-state index contributed by atoms with van der Waals surface area (Å²) in [5, 5.41) is 0. The molecule has 0 saturated heterocycles. The number of pyridine rings is 2. The normalized spacial score (nSPS) is 11.3. The fourth-order valence-electron chi connectivity index (χ4n) is 1.37. The summed E-state index contributed by atoms with van der Waals surface area (Å²) < 4.78 is 26.1. The molecule has 94 valence electrons. The molecule has 0 spiro atoms. The number of aromatic amines is 1. The fourth-order valence-corrected chi connectivity index (χ4v) is 2.44. The molecule has 0 aliphatic carbocycles. The first-order valence-electron chi connectivity index (χ1n) is 5.15. The van der Waals surface area contributed by atoms with Gasteiger partial charge in [-0.1, -0.05) is 6.07 Å². The Morgan fingerprint density at radius 1 is 1.33 bits per heavy atom. The van der Waals surface area contributed by atoms with Crippen molar-refractivity contribution in [1.82, 2.24) is 14.7 Å². The van der Waals surface area contributed by atoms with Crippen LogP contribution in [-0.2, 0) is 16.6 Å². The van der Waals surface area contributed by atoms with Crippen molar-refractivity contribution in [2.24, 2.45) is 0 Å². The molecule has 6 nitrogen and oxygen atoms in total. The van der Waals surface area contributed by atoms with Crippen molar-refractivity contribution in [1.29, 1.82) is 0 Å². The van der Waals surface area contributed by atoms with Gasteiger partial charge in [-0.15, -0.1) is 0 Å². The zero-order valence-corrected chi connectivity index (χ0v) is 10.1. The van der Waals surface area contributed by atoms with E-state index in [0.29, 0.717) is 5.56 Å². The van der Waals surface area contributed by atoms with Gasteiger partial charge in [0.1, 0.15) is 4.90 Å². The molecule has 0 radical (unpaired) electrons. The molecule has 0 bridgehead atoms. The fraction of sp³-hybridized carbons (Fsp3) is 0.0909. The van der Waals surface area contributed by atoms with Crippen LogP contribution in [0.25, 0.3) is 0 Å². The first-order valence-corrected chi connectivity index (χ1v) is 6.63. The minimum absolute atomic E-state index is 0.0878. The Kier molecular flexibility index (Phi) is 3.54. The van der Waals surface area contributed by atoms with E-state index in [1.165, 1.54) is 12.3 Å². The molecular weight excluding hydrogens is 254 g/mol. The van der Waals surface area contributed by atoms with Crippen LogP contribution in [0.15, 0.2) is 52.7 Å². The summed E-state index contributed by atoms with van der Waals surface area (Å²) in [5.74, 6) is 0. The van der Waals surface area contributed by atoms with E-state index in [1.807, 2.05) is 0 Å². The molecule has 7 heteroatoms. The predicted molar refractivity (Wildman–Crippen MR) is 65.3 cm³/mol. The molecule has 0 atom stereocenters. The summed E-state index contributed by atoms with van der Waals surface area (Å²) in [6.45, 7) is 0.0878. The van der Waals surface area contributed by atoms with E-state index in [1.54, 1.807) is 24.5 Å². The van der Waals surface area contributed by atoms with Gasteiger partial charge in [0.05, 0.1) is 0 Å². The van der Waals surface area contributed by atoms with Gasteiger partial charge in [0.2, 0.25) is 15.5 Å². The molecule has 18 heavy (non-hydrogen) atoms. The van der Waals surface area contributed by atoms with Gasteiger partial charge in [-0.2, -0.15) is 0 Å². The molecule has 0 aromatic carbocycles. The second kappa shape index (κ2) is 5.11. The monoisotopic (exact) mass is 265 g/mol. The lowest BCUT2D eigenvalue weighted by Gasteiger charge is -2.05. The molecule has 0 aliphatic heterocycles. The molecule has 0 aliphatic rings. The van der Waals surface area contributed by atoms with Gasteiger partial charge in [-0.3, -0.25) is 9.78 Å². The predicted octanol–water partition coefficient (Wildman–Crippen LogP) is 0.248. The Labute approximate surface area is 104 Å². The van der Waals surface area contributed by atoms with Crippen LogP contribution >= 0.6 is 0 Å². The summed E-state index contributed by atoms with van der Waals surface area (Å²) in [5.41, 5.74) is 0.167. The van der Waals surface area contributed by atoms with Crippen LogP contribution in [-0.4, -0.2) is 18.4 Å². The van der Waals surface area contributed by atoms with Crippen molar-refractivity contribution in [3.05, 3.63) is 58.8 Å². The minimum atomic E-state index is -3.81. The highest BCUT2D eigenvalue weighted by molar-refractivity contribution is 7.89. The molecule has 2 aromatic rings. The topological polar surface area (TPSA) is 91.9 Å². The molecule has 2 aromatic heterocycles. The number of hydrogen-bond acceptors (Lipinski definition) is 4. The maximum atomic E-state index is 11.9. The highest BCUT2D eigenvalue weighted by atomic mass is 32.2. The van der Waals surface area contributed by atoms with Crippen molar-refractivity contribution in [2.45, 2.75) is 11.4 Å². The van der Waals surface area contributed by atoms with E-state index >= 15 is 0 Å². The second-order valence-electron chi connectivity index (χ2n) is 3.56. The molecule has 0 fully saturated rings. The third-order valence-electron chi connectivity index (χ3n) is 2.27. The van der Waals surface area contributed by atoms with Crippen LogP contribution in [0.5, 0.6) is 0 Å². The molecule has 0 saturated carbocycles. The first-order chi connectivity index (χ1) is 8.59. The Balaban J connectivity index is 2.19. The van der Waals surface area contributed by atoms with Gasteiger partial charge in [-0.05, 0) is 11.6 Å². The van der Waals surface area contributed by atoms with Crippen molar-refractivity contribution < 1.29 is 8.42 Å². The highest BCUT2D eigenvalue weighted by Gasteiger charge is 2.16. The van der Waals surface area contributed by atoms with Crippen molar-refractivity contribution in [3.63, 3.8) is 0 Å². The molecule has 2 rings (SSSR count). The highest BCUT2D eigenvalue weighted by Crippen LogP contribution is 2.02. The van der Waals surface area contributed by atoms with E-state index in [2.05, 4.69) is 14.7 Å². The van der Waals surface area contributed by atoms with Crippen LogP contribution in [0.4, 0.5) is 0 Å². The van der Waals surface area contributed by atoms with E-state index < -0.39 is 15.5 Å². The standard InChI is InChI=1S/C11H11N3O3S/c15-10-3-5-13-8-11(10)18(16,17)14-7-9-2-1-4-12-6-9/h1-6,8,14H,7H2,(H,13,15). The summed E-state index contributed by atoms with van der Waals surface area (Å²) in [4.78, 5) is 17.6. The van der Waals surface area contributed by atoms with Crippen LogP contribution in [0, 0.1) is 0 Å². The zero-order valence-electron chi connectivity index (χ0n) is 9.33. The maximum Gasteiger partial charge on any atom is 0.246 e. The summed E-state index contributed by atoms with van der Waals surface area (Å²) in [6.07, 6.45) is 5.69. The average Bonchev–Trinajstić information content (AvgIpc) is 2.38. The lowest BCUT2D eigenvalue weighted by Crippen LogP contribution is -2.27. The third kappa shape index (κ3) is 2.82. The SMILES string of the molecule is O=c1cc[nH]cc1S(=O)(=O)NCc1cccnc1. The van der Waals surface area contributed by atoms with Gasteiger partial charge in [0.15, 0.2) is 0 Å². The summed E-state index contributed by atoms with van der Waals surface area (Å²) >= 11 is 0. The Morgan fingerprint density at radius 3 is 2.83 bits per heavy atom. The Bertz CT molecular complexity index is 680. The Hall–Kier alpha value is -1.99. The van der Waals surface area contributed by atoms with Gasteiger partial charge >= 0.3 is 0 Å². The number of sulfonamides is 1. The first kappa shape index (κ1) is 12.5. The van der Waals surface area contributed by atoms with E-state index in [0.717, 1.165) is 6.20 Å². The molecular formula is C11H11N3O3S. The van der Waals surface area contributed by atoms with Crippen molar-refractivity contribution in [2.75, 3.05) is 0 Å². The average molecular weight is 265 g/mol. The maximum absolute atomic E-state index is 11.9. The lowest BCUT2D eigenvalue weighted by molar-refractivity contribution is 0.580. The van der Waals surface area contributed by atoms with E-state index in [4.69, 9.17) is 0 Å². The number of nitrogens with zero attached hydrogens (tertiary/aromatic N) is 1. The number of nitrogens with one attached hydrogen (secondary N) is 2. The van der Waals surface area contributed by atoms with Crippen LogP contribution in [0.1, 0.15) is 5.56 Å². The van der Waals surface area contributed by atoms with Crippen LogP contribution in [0.2, 0.25) is 0 Å². The number of H-pyrrole nitrogens is 1. The van der Waals surface area contributed by atoms with Gasteiger partial charge in [0.25, 0.3) is 0 Å². The number of rotatable bonds is 4. The number of aromatic nitrogens is 2. The van der Waals surface area contributed by atoms with Crippen LogP contribution in [0.3, 0.4) is 0 Å². The quantitative estimate of drug-likeness (QED) is 0.828. The van der Waals surface area contributed by atoms with Crippen molar-refractivity contribution in [3.8, 4) is 0 Å². The van der Waals surface area contributed by atoms with E-state index in [-0.39, 0.29) is 11.4 Å². The molecule has 2 N–H and O–H groups in total. The van der Waals surface area contributed by atoms with Gasteiger partial charge in [0, 0.05) is 37.4 Å². The summed E-state index contributed by atoms with van der Waals surface area (Å²) in [6, 6.07) is 4.61. The molecule has 0 unspecified atom stereocenters. The van der Waals surface area contributed by atoms with Gasteiger partial charge in [-0.25, -0.2) is 13.1 Å². The number of hydrogen-bond donors (Lipinski definition) is 2. The second-order valence-corrected chi connectivity index (χ2v) is 5.29. The lowest BCUT2D eigenvalue weighted by atomic mass is 10.3. The molecule has 0 amide bonds. The van der Waals surface area contributed by atoms with Crippen molar-refractivity contribution >= 4 is 10.0 Å². The third-order valence-corrected chi connectivity index (χ3v) is 3.69. The zero-order chi connectivity index (χ0) is 13.0. The van der Waals surface area contributed by atoms with Gasteiger partial charge < -0.3 is 4.98 Å².